The van der Waals surface area contributed by atoms with Crippen molar-refractivity contribution in [1.82, 2.24) is 0 Å². The molecule has 0 fully saturated rings. The quantitative estimate of drug-likeness (QED) is 0.642. The molecule has 0 radical (unpaired) electrons. The van der Waals surface area contributed by atoms with Gasteiger partial charge in [-0.2, -0.15) is 0 Å². The first-order chi connectivity index (χ1) is 11.8. The first-order valence-corrected chi connectivity index (χ1v) is 8.34. The van der Waals surface area contributed by atoms with Crippen LogP contribution in [0, 0.1) is 0 Å². The Hall–Kier alpha value is -2.75. The number of nitrogens with zero attached hydrogens (tertiary/aromatic N) is 1. The van der Waals surface area contributed by atoms with Gasteiger partial charge in [-0.15, -0.1) is 0 Å². The SMILES string of the molecule is O=c1oc2c3c(ccc2c2c1CCC2)OCN(c1ccccc1)C3. The molecule has 4 nitrogen and oxygen atoms in total. The molecule has 2 aromatic carbocycles. The summed E-state index contributed by atoms with van der Waals surface area (Å²) >= 11 is 0. The van der Waals surface area contributed by atoms with Crippen molar-refractivity contribution < 1.29 is 9.15 Å². The summed E-state index contributed by atoms with van der Waals surface area (Å²) < 4.78 is 11.6. The fraction of sp³-hybridized carbons (Fsp3) is 0.250. The van der Waals surface area contributed by atoms with Gasteiger partial charge in [0.25, 0.3) is 0 Å². The van der Waals surface area contributed by atoms with E-state index >= 15 is 0 Å². The maximum Gasteiger partial charge on any atom is 0.339 e. The number of hydrogen-bond donors (Lipinski definition) is 0. The summed E-state index contributed by atoms with van der Waals surface area (Å²) in [5.74, 6) is 0.816. The van der Waals surface area contributed by atoms with Crippen molar-refractivity contribution in [2.45, 2.75) is 25.8 Å². The number of aryl methyl sites for hydroxylation is 1. The summed E-state index contributed by atoms with van der Waals surface area (Å²) in [6, 6.07) is 14.2. The van der Waals surface area contributed by atoms with E-state index in [1.807, 2.05) is 30.3 Å². The normalized spacial score (nSPS) is 15.9. The molecule has 5 rings (SSSR count). The van der Waals surface area contributed by atoms with Gasteiger partial charge in [0.05, 0.1) is 12.1 Å². The zero-order chi connectivity index (χ0) is 16.1. The fourth-order valence-corrected chi connectivity index (χ4v) is 3.86. The van der Waals surface area contributed by atoms with Gasteiger partial charge >= 0.3 is 5.63 Å². The Bertz CT molecular complexity index is 991. The third-order valence-corrected chi connectivity index (χ3v) is 5.05. The zero-order valence-electron chi connectivity index (χ0n) is 13.2. The number of hydrogen-bond acceptors (Lipinski definition) is 4. The van der Waals surface area contributed by atoms with E-state index in [2.05, 4.69) is 17.0 Å². The average molecular weight is 319 g/mol. The lowest BCUT2D eigenvalue weighted by molar-refractivity contribution is 0.289. The van der Waals surface area contributed by atoms with Gasteiger partial charge in [0.1, 0.15) is 11.3 Å². The minimum atomic E-state index is -0.180. The molecule has 0 saturated heterocycles. The minimum absolute atomic E-state index is 0.180. The molecule has 0 N–H and O–H groups in total. The van der Waals surface area contributed by atoms with Crippen molar-refractivity contribution in [3.05, 3.63) is 69.6 Å². The van der Waals surface area contributed by atoms with E-state index in [1.54, 1.807) is 0 Å². The lowest BCUT2D eigenvalue weighted by Gasteiger charge is -2.31. The van der Waals surface area contributed by atoms with Crippen LogP contribution in [0.2, 0.25) is 0 Å². The van der Waals surface area contributed by atoms with E-state index in [-0.39, 0.29) is 5.63 Å². The number of rotatable bonds is 1. The molecule has 4 heteroatoms. The van der Waals surface area contributed by atoms with Crippen LogP contribution in [0.1, 0.15) is 23.1 Å². The summed E-state index contributed by atoms with van der Waals surface area (Å²) in [7, 11) is 0. The predicted molar refractivity (Wildman–Crippen MR) is 92.6 cm³/mol. The van der Waals surface area contributed by atoms with E-state index in [1.165, 1.54) is 5.56 Å². The Kier molecular flexibility index (Phi) is 2.92. The van der Waals surface area contributed by atoms with Gasteiger partial charge in [-0.1, -0.05) is 18.2 Å². The molecule has 0 unspecified atom stereocenters. The van der Waals surface area contributed by atoms with Crippen LogP contribution in [0.3, 0.4) is 0 Å². The molecular weight excluding hydrogens is 302 g/mol. The molecule has 24 heavy (non-hydrogen) atoms. The first kappa shape index (κ1) is 13.7. The second-order valence-corrected chi connectivity index (χ2v) is 6.43. The van der Waals surface area contributed by atoms with Crippen LogP contribution in [0.4, 0.5) is 5.69 Å². The first-order valence-electron chi connectivity index (χ1n) is 8.34. The highest BCUT2D eigenvalue weighted by atomic mass is 16.5. The van der Waals surface area contributed by atoms with Crippen molar-refractivity contribution in [2.24, 2.45) is 0 Å². The molecule has 0 atom stereocenters. The lowest BCUT2D eigenvalue weighted by Crippen LogP contribution is -2.32. The van der Waals surface area contributed by atoms with Crippen LogP contribution in [0.15, 0.2) is 51.7 Å². The molecule has 0 spiro atoms. The Morgan fingerprint density at radius 3 is 2.62 bits per heavy atom. The largest absolute Gasteiger partial charge is 0.473 e. The van der Waals surface area contributed by atoms with Crippen molar-refractivity contribution in [1.29, 1.82) is 0 Å². The molecule has 2 aliphatic rings. The van der Waals surface area contributed by atoms with Gasteiger partial charge in [-0.25, -0.2) is 4.79 Å². The van der Waals surface area contributed by atoms with Gasteiger partial charge in [0, 0.05) is 16.6 Å². The Labute approximate surface area is 139 Å². The molecule has 1 aromatic heterocycles. The average Bonchev–Trinajstić information content (AvgIpc) is 3.13. The lowest BCUT2D eigenvalue weighted by atomic mass is 10.0. The summed E-state index contributed by atoms with van der Waals surface area (Å²) in [5, 5.41) is 1.07. The summed E-state index contributed by atoms with van der Waals surface area (Å²) in [5.41, 5.74) is 4.61. The smallest absolute Gasteiger partial charge is 0.339 e. The topological polar surface area (TPSA) is 42.7 Å². The van der Waals surface area contributed by atoms with Crippen molar-refractivity contribution in [3.8, 4) is 5.75 Å². The number of fused-ring (bicyclic) bond motifs is 5. The van der Waals surface area contributed by atoms with Crippen LogP contribution < -0.4 is 15.3 Å². The maximum atomic E-state index is 12.3. The highest BCUT2D eigenvalue weighted by Gasteiger charge is 2.25. The molecule has 0 bridgehead atoms. The molecule has 120 valence electrons. The highest BCUT2D eigenvalue weighted by molar-refractivity contribution is 5.87. The number of ether oxygens (including phenoxy) is 1. The number of benzene rings is 2. The van der Waals surface area contributed by atoms with Crippen LogP contribution in [-0.4, -0.2) is 6.73 Å². The Balaban J connectivity index is 1.68. The van der Waals surface area contributed by atoms with Gasteiger partial charge in [0.15, 0.2) is 6.73 Å². The fourth-order valence-electron chi connectivity index (χ4n) is 3.86. The van der Waals surface area contributed by atoms with Gasteiger partial charge in [-0.05, 0) is 49.1 Å². The molecule has 0 saturated carbocycles. The van der Waals surface area contributed by atoms with Crippen molar-refractivity contribution in [2.75, 3.05) is 11.6 Å². The molecular formula is C20H17NO3. The van der Waals surface area contributed by atoms with Crippen LogP contribution >= 0.6 is 0 Å². The van der Waals surface area contributed by atoms with E-state index in [0.717, 1.165) is 47.2 Å². The summed E-state index contributed by atoms with van der Waals surface area (Å²) in [6.45, 7) is 1.18. The highest BCUT2D eigenvalue weighted by Crippen LogP contribution is 2.36. The van der Waals surface area contributed by atoms with Crippen LogP contribution in [0.25, 0.3) is 11.0 Å². The van der Waals surface area contributed by atoms with E-state index in [9.17, 15) is 4.79 Å². The van der Waals surface area contributed by atoms with E-state index < -0.39 is 0 Å². The monoisotopic (exact) mass is 319 g/mol. The number of para-hydroxylation sites is 1. The predicted octanol–water partition coefficient (Wildman–Crippen LogP) is 3.64. The summed E-state index contributed by atoms with van der Waals surface area (Å²) in [4.78, 5) is 14.5. The molecule has 1 aliphatic heterocycles. The van der Waals surface area contributed by atoms with E-state index in [0.29, 0.717) is 18.9 Å². The van der Waals surface area contributed by atoms with Crippen molar-refractivity contribution >= 4 is 16.7 Å². The van der Waals surface area contributed by atoms with Gasteiger partial charge in [0.2, 0.25) is 0 Å². The second kappa shape index (κ2) is 5.13. The zero-order valence-corrected chi connectivity index (χ0v) is 13.2. The standard InChI is InChI=1S/C20H17NO3/c22-20-16-8-4-7-14(16)15-9-10-18-17(19(15)24-20)11-21(12-23-18)13-5-2-1-3-6-13/h1-3,5-6,9-10H,4,7-8,11-12H2. The molecule has 1 aliphatic carbocycles. The van der Waals surface area contributed by atoms with Gasteiger partial charge < -0.3 is 14.1 Å². The van der Waals surface area contributed by atoms with Crippen LogP contribution in [-0.2, 0) is 19.4 Å². The maximum absolute atomic E-state index is 12.3. The van der Waals surface area contributed by atoms with Crippen molar-refractivity contribution in [3.63, 3.8) is 0 Å². The van der Waals surface area contributed by atoms with Gasteiger partial charge in [-0.3, -0.25) is 0 Å². The van der Waals surface area contributed by atoms with E-state index in [4.69, 9.17) is 9.15 Å². The second-order valence-electron chi connectivity index (χ2n) is 6.43. The van der Waals surface area contributed by atoms with Crippen LogP contribution in [0.5, 0.6) is 5.75 Å². The third-order valence-electron chi connectivity index (χ3n) is 5.05. The summed E-state index contributed by atoms with van der Waals surface area (Å²) in [6.07, 6.45) is 2.82. The Morgan fingerprint density at radius 2 is 1.75 bits per heavy atom. The molecule has 3 aromatic rings. The molecule has 2 heterocycles. The minimum Gasteiger partial charge on any atom is -0.473 e. The number of anilines is 1. The molecule has 0 amide bonds. The Morgan fingerprint density at radius 1 is 0.917 bits per heavy atom. The third kappa shape index (κ3) is 1.96.